The molecule has 1 heterocycles. The van der Waals surface area contributed by atoms with Crippen LogP contribution in [-0.2, 0) is 7.05 Å². The van der Waals surface area contributed by atoms with Gasteiger partial charge in [0.2, 0.25) is 0 Å². The molecule has 1 aliphatic rings. The molecule has 0 saturated heterocycles. The van der Waals surface area contributed by atoms with E-state index in [4.69, 9.17) is 0 Å². The molecule has 1 aromatic carbocycles. The average Bonchev–Trinajstić information content (AvgIpc) is 3.15. The number of fused-ring (bicyclic) bond motifs is 1. The number of hydrogen-bond acceptors (Lipinski definition) is 2. The summed E-state index contributed by atoms with van der Waals surface area (Å²) < 4.78 is 1.52. The molecular formula is C18H25N3O2. The number of nitrogens with zero attached hydrogens (tertiary/aromatic N) is 1. The Balaban J connectivity index is 1.73. The highest BCUT2D eigenvalue weighted by Gasteiger charge is 2.32. The van der Waals surface area contributed by atoms with Crippen LogP contribution in [0.2, 0.25) is 0 Å². The Morgan fingerprint density at radius 3 is 2.74 bits per heavy atom. The number of amides is 1. The fraction of sp³-hybridized carbons (Fsp3) is 0.556. The zero-order chi connectivity index (χ0) is 16.6. The minimum atomic E-state index is -0.167. The van der Waals surface area contributed by atoms with Crippen molar-refractivity contribution in [3.8, 4) is 0 Å². The maximum absolute atomic E-state index is 12.5. The van der Waals surface area contributed by atoms with E-state index in [1.807, 2.05) is 0 Å². The molecule has 1 amide bonds. The standard InChI is InChI=1S/C18H25N3O2/c1-18(2,13-6-4-5-7-13)11-19-16(22)12-8-9-14-15(10-12)21(3)17(23)20-14/h8-10,13H,4-7,11H2,1-3H3,(H,19,22)(H,20,23). The second kappa shape index (κ2) is 5.87. The van der Waals surface area contributed by atoms with Gasteiger partial charge in [-0.15, -0.1) is 0 Å². The highest BCUT2D eigenvalue weighted by molar-refractivity contribution is 5.97. The van der Waals surface area contributed by atoms with Crippen LogP contribution in [0, 0.1) is 11.3 Å². The summed E-state index contributed by atoms with van der Waals surface area (Å²) in [4.78, 5) is 26.9. The van der Waals surface area contributed by atoms with Crippen LogP contribution in [0.1, 0.15) is 49.9 Å². The second-order valence-electron chi connectivity index (χ2n) is 7.37. The predicted molar refractivity (Wildman–Crippen MR) is 91.6 cm³/mol. The molecule has 1 fully saturated rings. The van der Waals surface area contributed by atoms with Crippen molar-refractivity contribution in [1.82, 2.24) is 14.9 Å². The Morgan fingerprint density at radius 1 is 1.35 bits per heavy atom. The predicted octanol–water partition coefficient (Wildman–Crippen LogP) is 2.81. The summed E-state index contributed by atoms with van der Waals surface area (Å²) in [6.07, 6.45) is 5.14. The first-order valence-electron chi connectivity index (χ1n) is 8.35. The first-order valence-corrected chi connectivity index (χ1v) is 8.35. The summed E-state index contributed by atoms with van der Waals surface area (Å²) in [5, 5.41) is 3.07. The molecule has 5 heteroatoms. The molecule has 5 nitrogen and oxygen atoms in total. The van der Waals surface area contributed by atoms with Gasteiger partial charge < -0.3 is 10.3 Å². The van der Waals surface area contributed by atoms with E-state index in [0.717, 1.165) is 11.0 Å². The molecule has 2 N–H and O–H groups in total. The van der Waals surface area contributed by atoms with Gasteiger partial charge in [0, 0.05) is 19.2 Å². The van der Waals surface area contributed by atoms with Gasteiger partial charge in [-0.25, -0.2) is 4.79 Å². The van der Waals surface area contributed by atoms with E-state index in [-0.39, 0.29) is 17.0 Å². The molecule has 0 atom stereocenters. The van der Waals surface area contributed by atoms with Gasteiger partial charge >= 0.3 is 5.69 Å². The highest BCUT2D eigenvalue weighted by Crippen LogP contribution is 2.39. The smallest absolute Gasteiger partial charge is 0.326 e. The SMILES string of the molecule is Cn1c(=O)[nH]c2ccc(C(=O)NCC(C)(C)C3CCCC3)cc21. The summed E-state index contributed by atoms with van der Waals surface area (Å²) in [5.74, 6) is 0.613. The third-order valence-electron chi connectivity index (χ3n) is 5.33. The van der Waals surface area contributed by atoms with E-state index < -0.39 is 0 Å². The van der Waals surface area contributed by atoms with Crippen LogP contribution in [0.5, 0.6) is 0 Å². The molecule has 23 heavy (non-hydrogen) atoms. The number of hydrogen-bond donors (Lipinski definition) is 2. The van der Waals surface area contributed by atoms with Crippen LogP contribution in [0.15, 0.2) is 23.0 Å². The molecule has 1 aliphatic carbocycles. The lowest BCUT2D eigenvalue weighted by Crippen LogP contribution is -2.37. The highest BCUT2D eigenvalue weighted by atomic mass is 16.2. The van der Waals surface area contributed by atoms with Gasteiger partial charge in [-0.3, -0.25) is 9.36 Å². The van der Waals surface area contributed by atoms with E-state index >= 15 is 0 Å². The summed E-state index contributed by atoms with van der Waals surface area (Å²) >= 11 is 0. The van der Waals surface area contributed by atoms with Crippen molar-refractivity contribution in [1.29, 1.82) is 0 Å². The molecule has 1 aromatic heterocycles. The lowest BCUT2D eigenvalue weighted by Gasteiger charge is -2.31. The molecule has 0 unspecified atom stereocenters. The average molecular weight is 315 g/mol. The van der Waals surface area contributed by atoms with E-state index in [2.05, 4.69) is 24.1 Å². The molecular weight excluding hydrogens is 290 g/mol. The van der Waals surface area contributed by atoms with Gasteiger partial charge in [-0.1, -0.05) is 26.7 Å². The molecule has 0 bridgehead atoms. The fourth-order valence-corrected chi connectivity index (χ4v) is 3.63. The lowest BCUT2D eigenvalue weighted by atomic mass is 9.77. The van der Waals surface area contributed by atoms with Gasteiger partial charge in [-0.05, 0) is 42.4 Å². The lowest BCUT2D eigenvalue weighted by molar-refractivity contribution is 0.0918. The van der Waals surface area contributed by atoms with E-state index in [9.17, 15) is 9.59 Å². The molecule has 124 valence electrons. The Bertz CT molecular complexity index is 779. The van der Waals surface area contributed by atoms with Crippen molar-refractivity contribution in [2.24, 2.45) is 18.4 Å². The number of aromatic nitrogens is 2. The maximum Gasteiger partial charge on any atom is 0.326 e. The van der Waals surface area contributed by atoms with Crippen LogP contribution in [0.25, 0.3) is 11.0 Å². The van der Waals surface area contributed by atoms with Crippen molar-refractivity contribution in [3.05, 3.63) is 34.2 Å². The minimum absolute atomic E-state index is 0.0772. The number of rotatable bonds is 4. The number of benzene rings is 1. The van der Waals surface area contributed by atoms with E-state index in [1.165, 1.54) is 30.3 Å². The van der Waals surface area contributed by atoms with Crippen molar-refractivity contribution in [2.75, 3.05) is 6.54 Å². The quantitative estimate of drug-likeness (QED) is 0.911. The van der Waals surface area contributed by atoms with Crippen LogP contribution in [-0.4, -0.2) is 22.0 Å². The molecule has 1 saturated carbocycles. The minimum Gasteiger partial charge on any atom is -0.351 e. The van der Waals surface area contributed by atoms with Crippen molar-refractivity contribution in [2.45, 2.75) is 39.5 Å². The van der Waals surface area contributed by atoms with Crippen molar-refractivity contribution in [3.63, 3.8) is 0 Å². The third-order valence-corrected chi connectivity index (χ3v) is 5.33. The van der Waals surface area contributed by atoms with E-state index in [1.54, 1.807) is 25.2 Å². The number of nitrogens with one attached hydrogen (secondary N) is 2. The van der Waals surface area contributed by atoms with Crippen LogP contribution >= 0.6 is 0 Å². The Labute approximate surface area is 136 Å². The Kier molecular flexibility index (Phi) is 4.04. The number of carbonyl (C=O) groups excluding carboxylic acids is 1. The Morgan fingerprint density at radius 2 is 2.04 bits per heavy atom. The molecule has 0 aliphatic heterocycles. The second-order valence-corrected chi connectivity index (χ2v) is 7.37. The fourth-order valence-electron chi connectivity index (χ4n) is 3.63. The number of H-pyrrole nitrogens is 1. The monoisotopic (exact) mass is 315 g/mol. The summed E-state index contributed by atoms with van der Waals surface area (Å²) in [6.45, 7) is 5.16. The molecule has 0 spiro atoms. The maximum atomic E-state index is 12.5. The molecule has 2 aromatic rings. The Hall–Kier alpha value is -2.04. The van der Waals surface area contributed by atoms with Crippen LogP contribution < -0.4 is 11.0 Å². The topological polar surface area (TPSA) is 66.9 Å². The normalized spacial score (nSPS) is 16.1. The summed E-state index contributed by atoms with van der Waals surface area (Å²) in [6, 6.07) is 5.31. The van der Waals surface area contributed by atoms with Crippen molar-refractivity contribution < 1.29 is 4.79 Å². The van der Waals surface area contributed by atoms with Gasteiger partial charge in [0.05, 0.1) is 11.0 Å². The first-order chi connectivity index (χ1) is 10.9. The van der Waals surface area contributed by atoms with Gasteiger partial charge in [-0.2, -0.15) is 0 Å². The van der Waals surface area contributed by atoms with Gasteiger partial charge in [0.15, 0.2) is 0 Å². The molecule has 3 rings (SSSR count). The summed E-state index contributed by atoms with van der Waals surface area (Å²) in [7, 11) is 1.70. The van der Waals surface area contributed by atoms with Crippen LogP contribution in [0.4, 0.5) is 0 Å². The zero-order valence-electron chi connectivity index (χ0n) is 14.1. The van der Waals surface area contributed by atoms with Gasteiger partial charge in [0.1, 0.15) is 0 Å². The number of aromatic amines is 1. The largest absolute Gasteiger partial charge is 0.351 e. The third kappa shape index (κ3) is 3.05. The van der Waals surface area contributed by atoms with Crippen molar-refractivity contribution >= 4 is 16.9 Å². The molecule has 0 radical (unpaired) electrons. The summed E-state index contributed by atoms with van der Waals surface area (Å²) in [5.41, 5.74) is 2.05. The first kappa shape index (κ1) is 15.8. The number of aryl methyl sites for hydroxylation is 1. The number of carbonyl (C=O) groups is 1. The zero-order valence-corrected chi connectivity index (χ0v) is 14.1. The van der Waals surface area contributed by atoms with Crippen LogP contribution in [0.3, 0.4) is 0 Å². The number of imidazole rings is 1. The van der Waals surface area contributed by atoms with E-state index in [0.29, 0.717) is 18.0 Å². The van der Waals surface area contributed by atoms with Gasteiger partial charge in [0.25, 0.3) is 5.91 Å².